The Hall–Kier alpha value is -1.87. The van der Waals surface area contributed by atoms with Crippen LogP contribution in [0.3, 0.4) is 0 Å². The Morgan fingerprint density at radius 1 is 1.19 bits per heavy atom. The van der Waals surface area contributed by atoms with E-state index in [0.29, 0.717) is 17.2 Å². The Labute approximate surface area is 124 Å². The van der Waals surface area contributed by atoms with Crippen molar-refractivity contribution in [1.82, 2.24) is 0 Å². The lowest BCUT2D eigenvalue weighted by atomic mass is 9.79. The quantitative estimate of drug-likeness (QED) is 0.916. The van der Waals surface area contributed by atoms with Gasteiger partial charge in [-0.1, -0.05) is 36.8 Å². The zero-order chi connectivity index (χ0) is 14.8. The van der Waals surface area contributed by atoms with E-state index < -0.39 is 6.04 Å². The van der Waals surface area contributed by atoms with Crippen LogP contribution < -0.4 is 10.5 Å². The van der Waals surface area contributed by atoms with Gasteiger partial charge >= 0.3 is 0 Å². The molecule has 1 aliphatic rings. The third-order valence-corrected chi connectivity index (χ3v) is 4.39. The Morgan fingerprint density at radius 2 is 1.95 bits per heavy atom. The maximum Gasteiger partial charge on any atom is 0.132 e. The second kappa shape index (κ2) is 5.86. The zero-order valence-electron chi connectivity index (χ0n) is 12.2. The van der Waals surface area contributed by atoms with Crippen molar-refractivity contribution in [1.29, 1.82) is 0 Å². The first-order valence-electron chi connectivity index (χ1n) is 7.38. The second-order valence-electron chi connectivity index (χ2n) is 5.63. The average molecular weight is 285 g/mol. The maximum absolute atomic E-state index is 14.1. The molecule has 3 rings (SSSR count). The van der Waals surface area contributed by atoms with Crippen molar-refractivity contribution in [3.05, 3.63) is 65.0 Å². The fourth-order valence-electron chi connectivity index (χ4n) is 2.91. The summed E-state index contributed by atoms with van der Waals surface area (Å²) in [4.78, 5) is 0. The molecule has 0 aliphatic heterocycles. The first-order valence-corrected chi connectivity index (χ1v) is 7.38. The number of hydrogen-bond donors (Lipinski definition) is 1. The van der Waals surface area contributed by atoms with Gasteiger partial charge in [-0.2, -0.15) is 0 Å². The van der Waals surface area contributed by atoms with Crippen molar-refractivity contribution >= 4 is 0 Å². The lowest BCUT2D eigenvalue weighted by Gasteiger charge is -2.27. The van der Waals surface area contributed by atoms with E-state index in [2.05, 4.69) is 12.1 Å². The summed E-state index contributed by atoms with van der Waals surface area (Å²) in [6, 6.07) is 12.5. The summed E-state index contributed by atoms with van der Waals surface area (Å²) in [5.74, 6) is 0.812. The molecule has 1 saturated carbocycles. The average Bonchev–Trinajstić information content (AvgIpc) is 2.45. The molecule has 2 aromatic rings. The minimum atomic E-state index is -0.513. The van der Waals surface area contributed by atoms with Gasteiger partial charge < -0.3 is 10.5 Å². The smallest absolute Gasteiger partial charge is 0.132 e. The summed E-state index contributed by atoms with van der Waals surface area (Å²) in [6.07, 6.45) is 3.77. The summed E-state index contributed by atoms with van der Waals surface area (Å²) in [7, 11) is 1.54. The molecule has 0 saturated heterocycles. The molecule has 0 aromatic heterocycles. The van der Waals surface area contributed by atoms with Gasteiger partial charge in [0.05, 0.1) is 18.7 Å². The molecule has 110 valence electrons. The summed E-state index contributed by atoms with van der Waals surface area (Å²) in [5.41, 5.74) is 8.97. The van der Waals surface area contributed by atoms with Crippen LogP contribution in [0.4, 0.5) is 4.39 Å². The Morgan fingerprint density at radius 3 is 2.62 bits per heavy atom. The molecule has 0 amide bonds. The number of nitrogens with two attached hydrogens (primary N) is 1. The molecule has 2 N–H and O–H groups in total. The number of rotatable bonds is 4. The molecular weight excluding hydrogens is 265 g/mol. The van der Waals surface area contributed by atoms with Gasteiger partial charge in [0, 0.05) is 0 Å². The van der Waals surface area contributed by atoms with Gasteiger partial charge in [-0.05, 0) is 42.0 Å². The number of benzene rings is 2. The monoisotopic (exact) mass is 285 g/mol. The van der Waals surface area contributed by atoms with Gasteiger partial charge in [0.2, 0.25) is 0 Å². The molecule has 0 bridgehead atoms. The van der Waals surface area contributed by atoms with Crippen LogP contribution in [0, 0.1) is 5.82 Å². The fraction of sp³-hybridized carbons (Fsp3) is 0.333. The van der Waals surface area contributed by atoms with Gasteiger partial charge in [-0.3, -0.25) is 0 Å². The van der Waals surface area contributed by atoms with Crippen molar-refractivity contribution in [2.75, 3.05) is 7.11 Å². The molecule has 2 nitrogen and oxygen atoms in total. The van der Waals surface area contributed by atoms with Crippen molar-refractivity contribution in [2.45, 2.75) is 31.2 Å². The zero-order valence-corrected chi connectivity index (χ0v) is 12.2. The molecule has 21 heavy (non-hydrogen) atoms. The van der Waals surface area contributed by atoms with Gasteiger partial charge in [-0.15, -0.1) is 0 Å². The predicted molar refractivity (Wildman–Crippen MR) is 82.0 cm³/mol. The topological polar surface area (TPSA) is 35.2 Å². The molecule has 1 unspecified atom stereocenters. The van der Waals surface area contributed by atoms with Crippen LogP contribution in [-0.4, -0.2) is 7.11 Å². The van der Waals surface area contributed by atoms with Crippen LogP contribution in [0.2, 0.25) is 0 Å². The van der Waals surface area contributed by atoms with E-state index in [1.54, 1.807) is 12.1 Å². The van der Waals surface area contributed by atoms with Gasteiger partial charge in [0.15, 0.2) is 0 Å². The summed E-state index contributed by atoms with van der Waals surface area (Å²) < 4.78 is 19.4. The largest absolute Gasteiger partial charge is 0.496 e. The molecular formula is C18H20FNO. The fourth-order valence-corrected chi connectivity index (χ4v) is 2.91. The van der Waals surface area contributed by atoms with E-state index in [4.69, 9.17) is 10.5 Å². The van der Waals surface area contributed by atoms with Crippen molar-refractivity contribution in [3.63, 3.8) is 0 Å². The Bertz CT molecular complexity index is 637. The number of methoxy groups -OCH3 is 1. The standard InChI is InChI=1S/C18H20FNO/c1-21-16-10-4-9-15(19)17(16)18(20)14-8-3-7-13(11-14)12-5-2-6-12/h3-4,7-12,18H,2,5-6,20H2,1H3. The highest BCUT2D eigenvalue weighted by Gasteiger charge is 2.22. The minimum Gasteiger partial charge on any atom is -0.496 e. The van der Waals surface area contributed by atoms with Crippen molar-refractivity contribution in [3.8, 4) is 5.75 Å². The second-order valence-corrected chi connectivity index (χ2v) is 5.63. The highest BCUT2D eigenvalue weighted by Crippen LogP contribution is 2.38. The molecule has 0 heterocycles. The SMILES string of the molecule is COc1cccc(F)c1C(N)c1cccc(C2CCC2)c1. The molecule has 1 aliphatic carbocycles. The van der Waals surface area contributed by atoms with E-state index in [1.807, 2.05) is 12.1 Å². The Kier molecular flexibility index (Phi) is 3.93. The van der Waals surface area contributed by atoms with E-state index in [9.17, 15) is 4.39 Å². The van der Waals surface area contributed by atoms with Gasteiger partial charge in [0.1, 0.15) is 11.6 Å². The van der Waals surface area contributed by atoms with E-state index >= 15 is 0 Å². The molecule has 0 spiro atoms. The van der Waals surface area contributed by atoms with Gasteiger partial charge in [-0.25, -0.2) is 4.39 Å². The van der Waals surface area contributed by atoms with Crippen LogP contribution >= 0.6 is 0 Å². The minimum absolute atomic E-state index is 0.323. The van der Waals surface area contributed by atoms with Crippen LogP contribution in [0.1, 0.15) is 47.9 Å². The van der Waals surface area contributed by atoms with E-state index in [-0.39, 0.29) is 5.82 Å². The van der Waals surface area contributed by atoms with Crippen LogP contribution in [0.25, 0.3) is 0 Å². The molecule has 1 fully saturated rings. The summed E-state index contributed by atoms with van der Waals surface area (Å²) >= 11 is 0. The normalized spacial score (nSPS) is 16.3. The number of hydrogen-bond acceptors (Lipinski definition) is 2. The lowest BCUT2D eigenvalue weighted by Crippen LogP contribution is -2.16. The maximum atomic E-state index is 14.1. The molecule has 0 radical (unpaired) electrons. The lowest BCUT2D eigenvalue weighted by molar-refractivity contribution is 0.402. The Balaban J connectivity index is 1.96. The third kappa shape index (κ3) is 2.66. The highest BCUT2D eigenvalue weighted by molar-refractivity contribution is 5.43. The van der Waals surface area contributed by atoms with E-state index in [0.717, 1.165) is 5.56 Å². The van der Waals surface area contributed by atoms with Crippen LogP contribution in [0.15, 0.2) is 42.5 Å². The molecule has 1 atom stereocenters. The van der Waals surface area contributed by atoms with Gasteiger partial charge in [0.25, 0.3) is 0 Å². The van der Waals surface area contributed by atoms with Crippen molar-refractivity contribution in [2.24, 2.45) is 5.73 Å². The highest BCUT2D eigenvalue weighted by atomic mass is 19.1. The first kappa shape index (κ1) is 14.1. The van der Waals surface area contributed by atoms with E-state index in [1.165, 1.54) is 38.0 Å². The predicted octanol–water partition coefficient (Wildman–Crippen LogP) is 4.15. The summed E-state index contributed by atoms with van der Waals surface area (Å²) in [6.45, 7) is 0. The molecule has 2 aromatic carbocycles. The summed E-state index contributed by atoms with van der Waals surface area (Å²) in [5, 5.41) is 0. The number of ether oxygens (including phenoxy) is 1. The van der Waals surface area contributed by atoms with Crippen molar-refractivity contribution < 1.29 is 9.13 Å². The first-order chi connectivity index (χ1) is 10.2. The third-order valence-electron chi connectivity index (χ3n) is 4.39. The number of halogens is 1. The molecule has 3 heteroatoms. The van der Waals surface area contributed by atoms with Crippen LogP contribution in [0.5, 0.6) is 5.75 Å². The van der Waals surface area contributed by atoms with Crippen LogP contribution in [-0.2, 0) is 0 Å².